The molecule has 0 aromatic rings. The Hall–Kier alpha value is -1.30. The van der Waals surface area contributed by atoms with Gasteiger partial charge in [-0.05, 0) is 67.1 Å². The number of Topliss-reactive ketones (excluding diaryl/α,β-unsaturated/α-hetero) is 2. The largest absolute Gasteiger partial charge is 0.445 e. The zero-order valence-electron chi connectivity index (χ0n) is 18.3. The summed E-state index contributed by atoms with van der Waals surface area (Å²) >= 11 is 16.8. The van der Waals surface area contributed by atoms with Gasteiger partial charge in [-0.3, -0.25) is 9.59 Å². The van der Waals surface area contributed by atoms with Crippen molar-refractivity contribution in [3.63, 3.8) is 0 Å². The van der Waals surface area contributed by atoms with Crippen LogP contribution in [-0.4, -0.2) is 46.6 Å². The van der Waals surface area contributed by atoms with E-state index in [0.717, 1.165) is 37.7 Å². The number of halogens is 3. The van der Waals surface area contributed by atoms with Gasteiger partial charge in [0.25, 0.3) is 0 Å². The molecule has 4 atom stereocenters. The monoisotopic (exact) mass is 499 g/mol. The molecule has 4 aliphatic carbocycles. The van der Waals surface area contributed by atoms with Crippen molar-refractivity contribution in [2.45, 2.75) is 49.2 Å². The maximum absolute atomic E-state index is 12.8. The number of hydrogen-bond acceptors (Lipinski definition) is 4. The quantitative estimate of drug-likeness (QED) is 0.472. The van der Waals surface area contributed by atoms with E-state index in [4.69, 9.17) is 39.5 Å². The fourth-order valence-corrected chi connectivity index (χ4v) is 6.24. The Kier molecular flexibility index (Phi) is 6.56. The third-order valence-electron chi connectivity index (χ3n) is 7.77. The molecule has 174 valence electrons. The number of ketones is 2. The second-order valence-corrected chi connectivity index (χ2v) is 12.2. The minimum Gasteiger partial charge on any atom is -0.445 e. The molecule has 0 N–H and O–H groups in total. The zero-order chi connectivity index (χ0) is 23.3. The molecule has 2 fully saturated rings. The van der Waals surface area contributed by atoms with Crippen molar-refractivity contribution in [3.05, 3.63) is 34.9 Å². The normalized spacial score (nSPS) is 31.5. The zero-order valence-corrected chi connectivity index (χ0v) is 20.6. The first-order chi connectivity index (χ1) is 15.0. The number of hydrogen-bond donors (Lipinski definition) is 0. The van der Waals surface area contributed by atoms with Gasteiger partial charge in [0.2, 0.25) is 3.79 Å². The minimum atomic E-state index is -1.69. The van der Waals surface area contributed by atoms with Crippen LogP contribution in [0.15, 0.2) is 34.9 Å². The van der Waals surface area contributed by atoms with Crippen molar-refractivity contribution in [3.8, 4) is 0 Å². The third-order valence-corrected chi connectivity index (χ3v) is 8.10. The number of nitrogens with zero attached hydrogens (tertiary/aromatic N) is 1. The van der Waals surface area contributed by atoms with Crippen molar-refractivity contribution in [1.29, 1.82) is 0 Å². The highest BCUT2D eigenvalue weighted by molar-refractivity contribution is 6.67. The van der Waals surface area contributed by atoms with E-state index in [0.29, 0.717) is 35.5 Å². The first kappa shape index (κ1) is 23.8. The van der Waals surface area contributed by atoms with Crippen LogP contribution in [0.2, 0.25) is 0 Å². The first-order valence-corrected chi connectivity index (χ1v) is 12.3. The summed E-state index contributed by atoms with van der Waals surface area (Å²) < 4.78 is 3.23. The fraction of sp³-hybridized carbons (Fsp3) is 0.625. The Morgan fingerprint density at radius 1 is 1.25 bits per heavy atom. The number of amides is 1. The van der Waals surface area contributed by atoms with Gasteiger partial charge >= 0.3 is 6.09 Å². The van der Waals surface area contributed by atoms with Crippen molar-refractivity contribution in [2.75, 3.05) is 20.2 Å². The van der Waals surface area contributed by atoms with Crippen LogP contribution in [-0.2, 0) is 14.3 Å². The van der Waals surface area contributed by atoms with Crippen LogP contribution < -0.4 is 0 Å². The van der Waals surface area contributed by atoms with Gasteiger partial charge in [0.05, 0.1) is 6.54 Å². The molecule has 0 saturated heterocycles. The number of carbonyl (C=O) groups excluding carboxylic acids is 3. The molecule has 0 aromatic heterocycles. The van der Waals surface area contributed by atoms with Crippen LogP contribution in [0.3, 0.4) is 0 Å². The molecule has 4 aliphatic rings. The van der Waals surface area contributed by atoms with Gasteiger partial charge in [-0.25, -0.2) is 4.79 Å². The summed E-state index contributed by atoms with van der Waals surface area (Å²) in [4.78, 5) is 38.5. The molecule has 0 radical (unpaired) electrons. The highest BCUT2D eigenvalue weighted by Gasteiger charge is 2.54. The Labute approximate surface area is 203 Å². The molecule has 4 rings (SSSR count). The number of carbonyl (C=O) groups is 3. The molecule has 0 aliphatic heterocycles. The minimum absolute atomic E-state index is 0.102. The lowest BCUT2D eigenvalue weighted by molar-refractivity contribution is -0.129. The Balaban J connectivity index is 1.41. The van der Waals surface area contributed by atoms with Crippen molar-refractivity contribution >= 4 is 52.5 Å². The average Bonchev–Trinajstić information content (AvgIpc) is 3.05. The van der Waals surface area contributed by atoms with Gasteiger partial charge in [-0.15, -0.1) is 0 Å². The van der Waals surface area contributed by atoms with Crippen LogP contribution in [0.5, 0.6) is 0 Å². The van der Waals surface area contributed by atoms with E-state index in [1.807, 2.05) is 6.08 Å². The highest BCUT2D eigenvalue weighted by Crippen LogP contribution is 2.59. The number of rotatable bonds is 4. The summed E-state index contributed by atoms with van der Waals surface area (Å²) in [6.45, 7) is 1.68. The van der Waals surface area contributed by atoms with Crippen LogP contribution >= 0.6 is 34.8 Å². The van der Waals surface area contributed by atoms with Gasteiger partial charge in [-0.2, -0.15) is 0 Å². The highest BCUT2D eigenvalue weighted by atomic mass is 35.6. The number of likely N-dealkylation sites (N-methyl/N-ethyl adjacent to an activating group) is 1. The van der Waals surface area contributed by atoms with Crippen molar-refractivity contribution in [2.24, 2.45) is 23.2 Å². The number of fused-ring (bicyclic) bond motifs is 5. The summed E-state index contributed by atoms with van der Waals surface area (Å²) in [6.07, 6.45) is 10.9. The average molecular weight is 501 g/mol. The van der Waals surface area contributed by atoms with E-state index in [9.17, 15) is 14.4 Å². The van der Waals surface area contributed by atoms with Gasteiger partial charge < -0.3 is 9.64 Å². The molecule has 2 saturated carbocycles. The number of ether oxygens (including phenoxy) is 1. The summed E-state index contributed by atoms with van der Waals surface area (Å²) in [5, 5.41) is 0. The van der Waals surface area contributed by atoms with Crippen LogP contribution in [0.4, 0.5) is 4.79 Å². The lowest BCUT2D eigenvalue weighted by Crippen LogP contribution is -2.43. The molecule has 5 nitrogen and oxygen atoms in total. The van der Waals surface area contributed by atoms with Crippen LogP contribution in [0.25, 0.3) is 0 Å². The molecule has 0 heterocycles. The molecule has 32 heavy (non-hydrogen) atoms. The molecule has 0 unspecified atom stereocenters. The van der Waals surface area contributed by atoms with E-state index in [1.54, 1.807) is 0 Å². The molecule has 8 heteroatoms. The molecule has 0 aromatic carbocycles. The third kappa shape index (κ3) is 4.53. The van der Waals surface area contributed by atoms with E-state index < -0.39 is 9.89 Å². The van der Waals surface area contributed by atoms with E-state index in [2.05, 4.69) is 19.1 Å². The van der Waals surface area contributed by atoms with Gasteiger partial charge in [-0.1, -0.05) is 53.9 Å². The van der Waals surface area contributed by atoms with Crippen LogP contribution in [0.1, 0.15) is 45.4 Å². The predicted molar refractivity (Wildman–Crippen MR) is 125 cm³/mol. The smallest absolute Gasteiger partial charge is 0.410 e. The second-order valence-electron chi connectivity index (χ2n) is 9.67. The predicted octanol–water partition coefficient (Wildman–Crippen LogP) is 5.59. The van der Waals surface area contributed by atoms with Gasteiger partial charge in [0.15, 0.2) is 5.78 Å². The van der Waals surface area contributed by atoms with E-state index in [1.165, 1.54) is 17.5 Å². The summed E-state index contributed by atoms with van der Waals surface area (Å²) in [6, 6.07) is 0. The molecular formula is C24H28Cl3NO4. The topological polar surface area (TPSA) is 63.7 Å². The summed E-state index contributed by atoms with van der Waals surface area (Å²) in [5.41, 5.74) is 2.98. The van der Waals surface area contributed by atoms with E-state index >= 15 is 0 Å². The second kappa shape index (κ2) is 8.81. The maximum Gasteiger partial charge on any atom is 0.410 e. The van der Waals surface area contributed by atoms with E-state index in [-0.39, 0.29) is 24.3 Å². The number of alkyl halides is 3. The van der Waals surface area contributed by atoms with Gasteiger partial charge in [0, 0.05) is 24.5 Å². The lowest BCUT2D eigenvalue weighted by atomic mass is 9.55. The molecule has 1 amide bonds. The van der Waals surface area contributed by atoms with Crippen molar-refractivity contribution < 1.29 is 19.1 Å². The summed E-state index contributed by atoms with van der Waals surface area (Å²) in [5.74, 6) is 1.75. The number of allylic oxidation sites excluding steroid dienone is 5. The standard InChI is InChI=1S/C24H28Cl3NO4/c1-23-10-9-17-16-5-4-15(20(29)12-28(2)22(31)32-13-24(25,26)27)11-14(16)3-6-18(17)19(23)7-8-21(23)30/h3,5,11,17-19H,4,6-10,12-13H2,1-2H3/t17-,18-,19+,23+/m1/s1. The van der Waals surface area contributed by atoms with Crippen LogP contribution in [0, 0.1) is 23.2 Å². The summed E-state index contributed by atoms with van der Waals surface area (Å²) in [7, 11) is 1.48. The van der Waals surface area contributed by atoms with Crippen molar-refractivity contribution in [1.82, 2.24) is 4.90 Å². The Morgan fingerprint density at radius 3 is 2.72 bits per heavy atom. The van der Waals surface area contributed by atoms with Gasteiger partial charge in [0.1, 0.15) is 12.4 Å². The SMILES string of the molecule is CN(CC(=O)C1=CC2=CC[C@@H]3[C@H](CC[C@]4(C)C(=O)CC[C@@H]34)C2=CC1)C(=O)OCC(Cl)(Cl)Cl. The Morgan fingerprint density at radius 2 is 2.00 bits per heavy atom. The first-order valence-electron chi connectivity index (χ1n) is 11.1. The molecular weight excluding hydrogens is 473 g/mol. The lowest BCUT2D eigenvalue weighted by Gasteiger charge is -2.48. The molecule has 0 spiro atoms. The maximum atomic E-state index is 12.8. The fourth-order valence-electron chi connectivity index (χ4n) is 6.08. The molecule has 0 bridgehead atoms. The Bertz CT molecular complexity index is 932.